The number of aliphatic hydroxyl groups excluding tert-OH is 1. The minimum atomic E-state index is -0.250. The first-order valence-corrected chi connectivity index (χ1v) is 6.15. The van der Waals surface area contributed by atoms with E-state index in [0.29, 0.717) is 24.1 Å². The lowest BCUT2D eigenvalue weighted by Gasteiger charge is -2.17. The van der Waals surface area contributed by atoms with Gasteiger partial charge in [-0.15, -0.1) is 5.10 Å². The molecule has 1 aliphatic rings. The Bertz CT molecular complexity index is 466. The van der Waals surface area contributed by atoms with E-state index in [0.717, 1.165) is 0 Å². The molecule has 2 rings (SSSR count). The van der Waals surface area contributed by atoms with Crippen molar-refractivity contribution in [3.63, 3.8) is 0 Å². The predicted octanol–water partition coefficient (Wildman–Crippen LogP) is 0.0904. The molecule has 0 spiro atoms. The fourth-order valence-corrected chi connectivity index (χ4v) is 1.63. The topological polar surface area (TPSA) is 67.6 Å². The van der Waals surface area contributed by atoms with Crippen LogP contribution in [0, 0.1) is 5.92 Å². The number of aliphatic hydroxyl groups is 1. The molecule has 1 heterocycles. The van der Waals surface area contributed by atoms with Gasteiger partial charge in [-0.1, -0.05) is 0 Å². The molecule has 1 N–H and O–H groups in total. The number of ether oxygens (including phenoxy) is 1. The van der Waals surface area contributed by atoms with Crippen LogP contribution in [0.1, 0.15) is 12.8 Å². The van der Waals surface area contributed by atoms with Crippen LogP contribution < -0.4 is 15.2 Å². The van der Waals surface area contributed by atoms with Crippen LogP contribution in [0.3, 0.4) is 0 Å². The lowest BCUT2D eigenvalue weighted by molar-refractivity contribution is 0.263. The first kappa shape index (κ1) is 12.9. The van der Waals surface area contributed by atoms with E-state index in [1.165, 1.54) is 23.6 Å². The van der Waals surface area contributed by atoms with Crippen LogP contribution in [0.5, 0.6) is 5.75 Å². The van der Waals surface area contributed by atoms with Gasteiger partial charge in [-0.3, -0.25) is 4.79 Å². The lowest BCUT2D eigenvalue weighted by Crippen LogP contribution is -2.27. The molecule has 1 aromatic heterocycles. The van der Waals surface area contributed by atoms with Crippen molar-refractivity contribution in [2.45, 2.75) is 19.4 Å². The average molecular weight is 253 g/mol. The maximum atomic E-state index is 11.8. The van der Waals surface area contributed by atoms with Crippen LogP contribution >= 0.6 is 0 Å². The van der Waals surface area contributed by atoms with Crippen LogP contribution in [0.4, 0.5) is 5.82 Å². The Morgan fingerprint density at radius 2 is 2.28 bits per heavy atom. The van der Waals surface area contributed by atoms with Crippen molar-refractivity contribution in [2.75, 3.05) is 32.2 Å². The maximum absolute atomic E-state index is 11.8. The van der Waals surface area contributed by atoms with Crippen molar-refractivity contribution in [1.82, 2.24) is 9.78 Å². The number of anilines is 1. The first-order chi connectivity index (χ1) is 8.61. The Labute approximate surface area is 106 Å². The second kappa shape index (κ2) is 5.39. The van der Waals surface area contributed by atoms with E-state index in [-0.39, 0.29) is 18.7 Å². The Morgan fingerprint density at radius 3 is 2.83 bits per heavy atom. The van der Waals surface area contributed by atoms with Gasteiger partial charge in [-0.25, -0.2) is 4.68 Å². The fraction of sp³-hybridized carbons (Fsp3) is 0.667. The Morgan fingerprint density at radius 1 is 1.56 bits per heavy atom. The molecule has 0 aromatic carbocycles. The van der Waals surface area contributed by atoms with E-state index in [1.54, 1.807) is 4.90 Å². The number of rotatable bonds is 6. The standard InChI is InChI=1S/C12H19N3O3/c1-14(2)12-10(18-8-9-3-4-9)7-11(17)15(13-12)5-6-16/h7,9,16H,3-6,8H2,1-2H3. The van der Waals surface area contributed by atoms with Crippen LogP contribution in [0.2, 0.25) is 0 Å². The Hall–Kier alpha value is -1.56. The summed E-state index contributed by atoms with van der Waals surface area (Å²) in [6.45, 7) is 0.733. The molecule has 0 bridgehead atoms. The molecule has 6 nitrogen and oxygen atoms in total. The van der Waals surface area contributed by atoms with E-state index in [2.05, 4.69) is 5.10 Å². The van der Waals surface area contributed by atoms with E-state index in [9.17, 15) is 4.79 Å². The molecule has 1 aromatic rings. The highest BCUT2D eigenvalue weighted by molar-refractivity contribution is 5.49. The maximum Gasteiger partial charge on any atom is 0.270 e. The van der Waals surface area contributed by atoms with Gasteiger partial charge in [0.05, 0.1) is 25.8 Å². The summed E-state index contributed by atoms with van der Waals surface area (Å²) in [5.41, 5.74) is -0.250. The zero-order valence-electron chi connectivity index (χ0n) is 10.8. The molecule has 0 unspecified atom stereocenters. The van der Waals surface area contributed by atoms with E-state index in [4.69, 9.17) is 9.84 Å². The summed E-state index contributed by atoms with van der Waals surface area (Å²) < 4.78 is 6.91. The molecular formula is C12H19N3O3. The second-order valence-electron chi connectivity index (χ2n) is 4.77. The summed E-state index contributed by atoms with van der Waals surface area (Å²) in [5.74, 6) is 1.76. The largest absolute Gasteiger partial charge is 0.489 e. The normalized spacial score (nSPS) is 14.6. The summed E-state index contributed by atoms with van der Waals surface area (Å²) >= 11 is 0. The first-order valence-electron chi connectivity index (χ1n) is 6.15. The SMILES string of the molecule is CN(C)c1nn(CCO)c(=O)cc1OCC1CC1. The number of aromatic nitrogens is 2. The minimum Gasteiger partial charge on any atom is -0.489 e. The van der Waals surface area contributed by atoms with E-state index >= 15 is 0 Å². The van der Waals surface area contributed by atoms with Crippen LogP contribution in [0.25, 0.3) is 0 Å². The molecule has 100 valence electrons. The highest BCUT2D eigenvalue weighted by atomic mass is 16.5. The zero-order valence-corrected chi connectivity index (χ0v) is 10.8. The third-order valence-electron chi connectivity index (χ3n) is 2.85. The van der Waals surface area contributed by atoms with Gasteiger partial charge in [0.15, 0.2) is 11.6 Å². The Kier molecular flexibility index (Phi) is 3.86. The molecule has 1 fully saturated rings. The van der Waals surface area contributed by atoms with Gasteiger partial charge in [0.25, 0.3) is 5.56 Å². The van der Waals surface area contributed by atoms with Gasteiger partial charge in [-0.05, 0) is 18.8 Å². The highest BCUT2D eigenvalue weighted by Crippen LogP contribution is 2.31. The molecule has 0 saturated heterocycles. The van der Waals surface area contributed by atoms with Crippen molar-refractivity contribution in [3.05, 3.63) is 16.4 Å². The second-order valence-corrected chi connectivity index (χ2v) is 4.77. The summed E-state index contributed by atoms with van der Waals surface area (Å²) in [5, 5.41) is 13.1. The lowest BCUT2D eigenvalue weighted by atomic mass is 10.4. The van der Waals surface area contributed by atoms with Gasteiger partial charge >= 0.3 is 0 Å². The fourth-order valence-electron chi connectivity index (χ4n) is 1.63. The van der Waals surface area contributed by atoms with Crippen molar-refractivity contribution >= 4 is 5.82 Å². The van der Waals surface area contributed by atoms with Gasteiger partial charge < -0.3 is 14.7 Å². The third-order valence-corrected chi connectivity index (χ3v) is 2.85. The van der Waals surface area contributed by atoms with Crippen molar-refractivity contribution in [3.8, 4) is 5.75 Å². The summed E-state index contributed by atoms with van der Waals surface area (Å²) in [7, 11) is 3.69. The average Bonchev–Trinajstić information content (AvgIpc) is 3.13. The van der Waals surface area contributed by atoms with Gasteiger partial charge in [0, 0.05) is 14.1 Å². The molecule has 1 saturated carbocycles. The molecule has 0 atom stereocenters. The summed E-state index contributed by atoms with van der Waals surface area (Å²) in [4.78, 5) is 13.6. The number of nitrogens with zero attached hydrogens (tertiary/aromatic N) is 3. The quantitative estimate of drug-likeness (QED) is 0.778. The zero-order chi connectivity index (χ0) is 13.1. The molecule has 0 amide bonds. The molecular weight excluding hydrogens is 234 g/mol. The van der Waals surface area contributed by atoms with Crippen LogP contribution in [-0.2, 0) is 6.54 Å². The van der Waals surface area contributed by atoms with Gasteiger partial charge in [-0.2, -0.15) is 0 Å². The van der Waals surface area contributed by atoms with Gasteiger partial charge in [0.2, 0.25) is 0 Å². The number of hydrogen-bond donors (Lipinski definition) is 1. The van der Waals surface area contributed by atoms with E-state index < -0.39 is 0 Å². The van der Waals surface area contributed by atoms with Gasteiger partial charge in [0.1, 0.15) is 0 Å². The molecule has 18 heavy (non-hydrogen) atoms. The van der Waals surface area contributed by atoms with Crippen LogP contribution in [0.15, 0.2) is 10.9 Å². The molecule has 0 aliphatic heterocycles. The monoisotopic (exact) mass is 253 g/mol. The molecule has 0 radical (unpaired) electrons. The highest BCUT2D eigenvalue weighted by Gasteiger charge is 2.23. The molecule has 6 heteroatoms. The van der Waals surface area contributed by atoms with Crippen molar-refractivity contribution in [1.29, 1.82) is 0 Å². The Balaban J connectivity index is 2.24. The minimum absolute atomic E-state index is 0.109. The summed E-state index contributed by atoms with van der Waals surface area (Å²) in [6.07, 6.45) is 2.40. The summed E-state index contributed by atoms with van der Waals surface area (Å²) in [6, 6.07) is 1.44. The smallest absolute Gasteiger partial charge is 0.270 e. The van der Waals surface area contributed by atoms with E-state index in [1.807, 2.05) is 14.1 Å². The predicted molar refractivity (Wildman–Crippen MR) is 68.1 cm³/mol. The third kappa shape index (κ3) is 3.01. The molecule has 1 aliphatic carbocycles. The number of hydrogen-bond acceptors (Lipinski definition) is 5. The van der Waals surface area contributed by atoms with Crippen molar-refractivity contribution in [2.24, 2.45) is 5.92 Å². The van der Waals surface area contributed by atoms with Crippen LogP contribution in [-0.4, -0.2) is 42.2 Å². The van der Waals surface area contributed by atoms with Crippen molar-refractivity contribution < 1.29 is 9.84 Å².